The monoisotopic (exact) mass is 388 g/mol. The number of rotatable bonds is 5. The highest BCUT2D eigenvalue weighted by Crippen LogP contribution is 2.22. The predicted molar refractivity (Wildman–Crippen MR) is 86.7 cm³/mol. The van der Waals surface area contributed by atoms with Crippen LogP contribution in [0.25, 0.3) is 0 Å². The number of carbonyl (C=O) groups is 1. The molecule has 1 aromatic rings. The molecule has 1 fully saturated rings. The molecule has 0 spiro atoms. The highest BCUT2D eigenvalue weighted by molar-refractivity contribution is 14.1. The van der Waals surface area contributed by atoms with E-state index in [9.17, 15) is 4.79 Å². The van der Waals surface area contributed by atoms with E-state index in [-0.39, 0.29) is 12.5 Å². The molecule has 0 saturated heterocycles. The third kappa shape index (κ3) is 4.33. The number of nitrogens with zero attached hydrogens (tertiary/aromatic N) is 2. The molecule has 0 radical (unpaired) electrons. The topological polar surface area (TPSA) is 42.4 Å². The molecular weight excluding hydrogens is 367 g/mol. The van der Waals surface area contributed by atoms with E-state index in [1.807, 2.05) is 24.0 Å². The molecule has 1 amide bonds. The molecule has 0 atom stereocenters. The van der Waals surface area contributed by atoms with Crippen LogP contribution >= 0.6 is 22.6 Å². The summed E-state index contributed by atoms with van der Waals surface area (Å²) in [6.45, 7) is 2.91. The number of pyridine rings is 1. The van der Waals surface area contributed by atoms with Gasteiger partial charge in [0.2, 0.25) is 0 Å². The van der Waals surface area contributed by atoms with E-state index in [0.29, 0.717) is 11.8 Å². The van der Waals surface area contributed by atoms with Crippen LogP contribution in [0.15, 0.2) is 18.3 Å². The van der Waals surface area contributed by atoms with Crippen molar-refractivity contribution in [3.63, 3.8) is 0 Å². The van der Waals surface area contributed by atoms with Gasteiger partial charge in [-0.25, -0.2) is 4.98 Å². The van der Waals surface area contributed by atoms with Gasteiger partial charge in [-0.3, -0.25) is 4.79 Å². The normalized spacial score (nSPS) is 15.9. The highest BCUT2D eigenvalue weighted by Gasteiger charge is 2.24. The van der Waals surface area contributed by atoms with Crippen LogP contribution in [0.2, 0.25) is 0 Å². The molecule has 0 bridgehead atoms. The number of hydrogen-bond donors (Lipinski definition) is 0. The summed E-state index contributed by atoms with van der Waals surface area (Å²) in [7, 11) is 0. The molecule has 5 heteroatoms. The second-order valence-corrected chi connectivity index (χ2v) is 6.18. The van der Waals surface area contributed by atoms with Gasteiger partial charge in [0.25, 0.3) is 5.91 Å². The van der Waals surface area contributed by atoms with Crippen molar-refractivity contribution in [1.82, 2.24) is 9.88 Å². The SMILES string of the molecule is CCN(C(=O)COc1ccc(I)nc1)C1CCCCC1. The second-order valence-electron chi connectivity index (χ2n) is 5.08. The Kier molecular flexibility index (Phi) is 6.06. The Balaban J connectivity index is 1.87. The van der Waals surface area contributed by atoms with E-state index in [1.54, 1.807) is 6.20 Å². The van der Waals surface area contributed by atoms with Crippen LogP contribution in [-0.2, 0) is 4.79 Å². The summed E-state index contributed by atoms with van der Waals surface area (Å²) in [5.74, 6) is 0.733. The Labute approximate surface area is 134 Å². The third-order valence-electron chi connectivity index (χ3n) is 3.74. The molecule has 1 aliphatic carbocycles. The van der Waals surface area contributed by atoms with Crippen molar-refractivity contribution in [1.29, 1.82) is 0 Å². The standard InChI is InChI=1S/C15H21IN2O2/c1-2-18(12-6-4-3-5-7-12)15(19)11-20-13-8-9-14(16)17-10-13/h8-10,12H,2-7,11H2,1H3. The van der Waals surface area contributed by atoms with Crippen LogP contribution in [0.1, 0.15) is 39.0 Å². The van der Waals surface area contributed by atoms with Gasteiger partial charge >= 0.3 is 0 Å². The first-order valence-electron chi connectivity index (χ1n) is 7.24. The first-order chi connectivity index (χ1) is 9.70. The van der Waals surface area contributed by atoms with Crippen molar-refractivity contribution in [2.45, 2.75) is 45.1 Å². The molecule has 1 aromatic heterocycles. The highest BCUT2D eigenvalue weighted by atomic mass is 127. The van der Waals surface area contributed by atoms with Gasteiger partial charge in [0.15, 0.2) is 6.61 Å². The van der Waals surface area contributed by atoms with E-state index in [2.05, 4.69) is 27.6 Å². The van der Waals surface area contributed by atoms with E-state index >= 15 is 0 Å². The van der Waals surface area contributed by atoms with Gasteiger partial charge in [0, 0.05) is 12.6 Å². The van der Waals surface area contributed by atoms with Crippen molar-refractivity contribution >= 4 is 28.5 Å². The van der Waals surface area contributed by atoms with Crippen LogP contribution in [-0.4, -0.2) is 35.0 Å². The van der Waals surface area contributed by atoms with Gasteiger partial charge in [-0.2, -0.15) is 0 Å². The van der Waals surface area contributed by atoms with Crippen molar-refractivity contribution in [2.24, 2.45) is 0 Å². The van der Waals surface area contributed by atoms with Gasteiger partial charge in [-0.1, -0.05) is 19.3 Å². The quantitative estimate of drug-likeness (QED) is 0.575. The zero-order valence-corrected chi connectivity index (χ0v) is 14.0. The number of carbonyl (C=O) groups excluding carboxylic acids is 1. The fraction of sp³-hybridized carbons (Fsp3) is 0.600. The smallest absolute Gasteiger partial charge is 0.260 e. The van der Waals surface area contributed by atoms with E-state index in [1.165, 1.54) is 19.3 Å². The van der Waals surface area contributed by atoms with E-state index in [0.717, 1.165) is 23.1 Å². The van der Waals surface area contributed by atoms with Crippen LogP contribution in [0.5, 0.6) is 5.75 Å². The summed E-state index contributed by atoms with van der Waals surface area (Å²) < 4.78 is 6.45. The van der Waals surface area contributed by atoms with Crippen molar-refractivity contribution in [3.8, 4) is 5.75 Å². The number of halogens is 1. The van der Waals surface area contributed by atoms with Crippen molar-refractivity contribution in [3.05, 3.63) is 22.0 Å². The van der Waals surface area contributed by atoms with Crippen LogP contribution in [0.3, 0.4) is 0 Å². The molecule has 0 N–H and O–H groups in total. The van der Waals surface area contributed by atoms with Crippen molar-refractivity contribution in [2.75, 3.05) is 13.2 Å². The fourth-order valence-electron chi connectivity index (χ4n) is 2.71. The third-order valence-corrected chi connectivity index (χ3v) is 4.38. The lowest BCUT2D eigenvalue weighted by molar-refractivity contribution is -0.136. The minimum absolute atomic E-state index is 0.0814. The fourth-order valence-corrected chi connectivity index (χ4v) is 3.03. The Morgan fingerprint density at radius 3 is 2.75 bits per heavy atom. The largest absolute Gasteiger partial charge is 0.482 e. The average Bonchev–Trinajstić information content (AvgIpc) is 2.48. The zero-order chi connectivity index (χ0) is 14.4. The average molecular weight is 388 g/mol. The number of amides is 1. The molecule has 0 aromatic carbocycles. The minimum Gasteiger partial charge on any atom is -0.482 e. The molecule has 0 unspecified atom stereocenters. The molecule has 4 nitrogen and oxygen atoms in total. The summed E-state index contributed by atoms with van der Waals surface area (Å²) >= 11 is 2.14. The first kappa shape index (κ1) is 15.5. The van der Waals surface area contributed by atoms with Gasteiger partial charge in [0.1, 0.15) is 9.45 Å². The van der Waals surface area contributed by atoms with E-state index in [4.69, 9.17) is 4.74 Å². The zero-order valence-electron chi connectivity index (χ0n) is 11.8. The number of likely N-dealkylation sites (N-methyl/N-ethyl adjacent to an activating group) is 1. The molecule has 1 heterocycles. The number of ether oxygens (including phenoxy) is 1. The van der Waals surface area contributed by atoms with Crippen LogP contribution < -0.4 is 4.74 Å². The Bertz CT molecular complexity index is 430. The van der Waals surface area contributed by atoms with Gasteiger partial charge < -0.3 is 9.64 Å². The summed E-state index contributed by atoms with van der Waals surface area (Å²) in [4.78, 5) is 18.4. The van der Waals surface area contributed by atoms with Crippen molar-refractivity contribution < 1.29 is 9.53 Å². The number of hydrogen-bond acceptors (Lipinski definition) is 3. The molecule has 1 aliphatic rings. The Morgan fingerprint density at radius 1 is 1.40 bits per heavy atom. The van der Waals surface area contributed by atoms with Crippen LogP contribution in [0, 0.1) is 3.70 Å². The summed E-state index contributed by atoms with van der Waals surface area (Å²) in [5.41, 5.74) is 0. The summed E-state index contributed by atoms with van der Waals surface area (Å²) in [5, 5.41) is 0. The van der Waals surface area contributed by atoms with Gasteiger partial charge in [-0.05, 0) is 54.5 Å². The molecule has 20 heavy (non-hydrogen) atoms. The van der Waals surface area contributed by atoms with Gasteiger partial charge in [0.05, 0.1) is 6.20 Å². The van der Waals surface area contributed by atoms with E-state index < -0.39 is 0 Å². The molecule has 1 saturated carbocycles. The summed E-state index contributed by atoms with van der Waals surface area (Å²) in [6.07, 6.45) is 7.68. The molecule has 0 aliphatic heterocycles. The van der Waals surface area contributed by atoms with Crippen LogP contribution in [0.4, 0.5) is 0 Å². The Morgan fingerprint density at radius 2 is 2.15 bits per heavy atom. The first-order valence-corrected chi connectivity index (χ1v) is 8.32. The maximum Gasteiger partial charge on any atom is 0.260 e. The maximum atomic E-state index is 12.3. The molecule has 2 rings (SSSR count). The molecule has 110 valence electrons. The Hall–Kier alpha value is -0.850. The number of aromatic nitrogens is 1. The second kappa shape index (κ2) is 7.81. The molecular formula is C15H21IN2O2. The minimum atomic E-state index is 0.0814. The lowest BCUT2D eigenvalue weighted by Gasteiger charge is -2.33. The van der Waals surface area contributed by atoms with Gasteiger partial charge in [-0.15, -0.1) is 0 Å². The maximum absolute atomic E-state index is 12.3. The lowest BCUT2D eigenvalue weighted by Crippen LogP contribution is -2.43. The summed E-state index contributed by atoms with van der Waals surface area (Å²) in [6, 6.07) is 4.12. The predicted octanol–water partition coefficient (Wildman–Crippen LogP) is 3.25. The lowest BCUT2D eigenvalue weighted by atomic mass is 9.94.